The van der Waals surface area contributed by atoms with E-state index in [9.17, 15) is 13.6 Å². The van der Waals surface area contributed by atoms with Crippen LogP contribution in [0, 0.1) is 11.6 Å². The number of carbonyl (C=O) groups is 1. The van der Waals surface area contributed by atoms with Crippen LogP contribution in [0.2, 0.25) is 5.02 Å². The van der Waals surface area contributed by atoms with Gasteiger partial charge in [-0.15, -0.1) is 0 Å². The highest BCUT2D eigenvalue weighted by molar-refractivity contribution is 6.34. The summed E-state index contributed by atoms with van der Waals surface area (Å²) >= 11 is 5.90. The van der Waals surface area contributed by atoms with Crippen molar-refractivity contribution in [2.75, 3.05) is 11.5 Å². The first kappa shape index (κ1) is 14.3. The number of hydrogen-bond acceptors (Lipinski definition) is 3. The van der Waals surface area contributed by atoms with Crippen LogP contribution < -0.4 is 11.5 Å². The molecule has 0 aromatic heterocycles. The zero-order valence-electron chi connectivity index (χ0n) is 10.3. The van der Waals surface area contributed by atoms with Gasteiger partial charge < -0.3 is 11.5 Å². The van der Waals surface area contributed by atoms with Crippen LogP contribution in [0.4, 0.5) is 20.2 Å². The molecule has 0 heterocycles. The second-order valence-corrected chi connectivity index (χ2v) is 4.68. The maximum Gasteiger partial charge on any atom is 0.168 e. The Morgan fingerprint density at radius 1 is 1.15 bits per heavy atom. The molecule has 0 aliphatic heterocycles. The number of rotatable bonds is 3. The Labute approximate surface area is 119 Å². The zero-order chi connectivity index (χ0) is 14.9. The standard InChI is InChI=1S/C14H11ClF2N2O/c15-10-3-2-8(18)6-9(10)12(20)5-7-1-4-11(16)14(19)13(7)17/h1-4,6H,5,18-19H2. The van der Waals surface area contributed by atoms with Crippen molar-refractivity contribution in [1.82, 2.24) is 0 Å². The van der Waals surface area contributed by atoms with Crippen LogP contribution in [-0.4, -0.2) is 5.78 Å². The third kappa shape index (κ3) is 2.72. The van der Waals surface area contributed by atoms with Crippen molar-refractivity contribution >= 4 is 28.8 Å². The van der Waals surface area contributed by atoms with Gasteiger partial charge >= 0.3 is 0 Å². The average Bonchev–Trinajstić information content (AvgIpc) is 2.42. The van der Waals surface area contributed by atoms with Gasteiger partial charge in [-0.25, -0.2) is 8.78 Å². The van der Waals surface area contributed by atoms with Crippen LogP contribution in [0.3, 0.4) is 0 Å². The Bertz CT molecular complexity index is 689. The van der Waals surface area contributed by atoms with E-state index < -0.39 is 23.1 Å². The highest BCUT2D eigenvalue weighted by Gasteiger charge is 2.16. The maximum atomic E-state index is 13.7. The van der Waals surface area contributed by atoms with Crippen LogP contribution in [0.25, 0.3) is 0 Å². The number of ketones is 1. The van der Waals surface area contributed by atoms with Crippen LogP contribution >= 0.6 is 11.6 Å². The largest absolute Gasteiger partial charge is 0.399 e. The van der Waals surface area contributed by atoms with Crippen LogP contribution in [-0.2, 0) is 6.42 Å². The molecule has 6 heteroatoms. The first-order valence-corrected chi connectivity index (χ1v) is 6.08. The van der Waals surface area contributed by atoms with E-state index in [0.29, 0.717) is 5.69 Å². The highest BCUT2D eigenvalue weighted by atomic mass is 35.5. The third-order valence-corrected chi connectivity index (χ3v) is 3.18. The van der Waals surface area contributed by atoms with Gasteiger partial charge in [0.25, 0.3) is 0 Å². The molecule has 2 aromatic carbocycles. The van der Waals surface area contributed by atoms with E-state index in [1.165, 1.54) is 18.2 Å². The van der Waals surface area contributed by atoms with Crippen molar-refractivity contribution < 1.29 is 13.6 Å². The molecule has 0 radical (unpaired) electrons. The lowest BCUT2D eigenvalue weighted by Gasteiger charge is -2.07. The van der Waals surface area contributed by atoms with Crippen molar-refractivity contribution in [3.05, 3.63) is 58.1 Å². The Hall–Kier alpha value is -2.14. The van der Waals surface area contributed by atoms with E-state index in [2.05, 4.69) is 0 Å². The molecular weight excluding hydrogens is 286 g/mol. The Balaban J connectivity index is 2.33. The topological polar surface area (TPSA) is 69.1 Å². The summed E-state index contributed by atoms with van der Waals surface area (Å²) in [6.45, 7) is 0. The average molecular weight is 297 g/mol. The number of nitrogen functional groups attached to an aromatic ring is 2. The lowest BCUT2D eigenvalue weighted by molar-refractivity contribution is 0.0992. The highest BCUT2D eigenvalue weighted by Crippen LogP contribution is 2.23. The number of hydrogen-bond donors (Lipinski definition) is 2. The van der Waals surface area contributed by atoms with Gasteiger partial charge in [-0.1, -0.05) is 17.7 Å². The molecule has 0 bridgehead atoms. The third-order valence-electron chi connectivity index (χ3n) is 2.85. The van der Waals surface area contributed by atoms with E-state index in [-0.39, 0.29) is 22.6 Å². The second-order valence-electron chi connectivity index (χ2n) is 4.27. The van der Waals surface area contributed by atoms with Gasteiger partial charge in [0, 0.05) is 17.7 Å². The molecular formula is C14H11ClF2N2O. The van der Waals surface area contributed by atoms with Crippen molar-refractivity contribution in [1.29, 1.82) is 0 Å². The summed E-state index contributed by atoms with van der Waals surface area (Å²) in [4.78, 5) is 12.1. The smallest absolute Gasteiger partial charge is 0.168 e. The van der Waals surface area contributed by atoms with Crippen molar-refractivity contribution in [2.45, 2.75) is 6.42 Å². The van der Waals surface area contributed by atoms with Gasteiger partial charge in [-0.2, -0.15) is 0 Å². The summed E-state index contributed by atoms with van der Waals surface area (Å²) in [6.07, 6.45) is -0.278. The lowest BCUT2D eigenvalue weighted by atomic mass is 10.0. The molecule has 0 unspecified atom stereocenters. The predicted octanol–water partition coefficient (Wildman–Crippen LogP) is 3.21. The molecule has 104 valence electrons. The summed E-state index contributed by atoms with van der Waals surface area (Å²) in [6, 6.07) is 6.64. The molecule has 0 aliphatic rings. The number of benzene rings is 2. The first-order chi connectivity index (χ1) is 9.40. The van der Waals surface area contributed by atoms with Crippen LogP contribution in [0.15, 0.2) is 30.3 Å². The summed E-state index contributed by atoms with van der Waals surface area (Å²) in [5.74, 6) is -2.22. The SMILES string of the molecule is Nc1ccc(Cl)c(C(=O)Cc2ccc(F)c(N)c2F)c1. The lowest BCUT2D eigenvalue weighted by Crippen LogP contribution is -2.08. The Morgan fingerprint density at radius 2 is 1.85 bits per heavy atom. The van der Waals surface area contributed by atoms with Crippen LogP contribution in [0.5, 0.6) is 0 Å². The fraction of sp³-hybridized carbons (Fsp3) is 0.0714. The molecule has 20 heavy (non-hydrogen) atoms. The van der Waals surface area contributed by atoms with Gasteiger partial charge in [0.05, 0.1) is 5.02 Å². The summed E-state index contributed by atoms with van der Waals surface area (Å²) in [5.41, 5.74) is 10.8. The van der Waals surface area contributed by atoms with Gasteiger partial charge in [-0.3, -0.25) is 4.79 Å². The minimum absolute atomic E-state index is 0.00684. The number of nitrogens with two attached hydrogens (primary N) is 2. The number of anilines is 2. The molecule has 0 fully saturated rings. The minimum atomic E-state index is -0.932. The Kier molecular flexibility index (Phi) is 3.90. The van der Waals surface area contributed by atoms with Crippen LogP contribution in [0.1, 0.15) is 15.9 Å². The van der Waals surface area contributed by atoms with Gasteiger partial charge in [0.2, 0.25) is 0 Å². The molecule has 0 saturated heterocycles. The van der Waals surface area contributed by atoms with E-state index in [0.717, 1.165) is 6.07 Å². The zero-order valence-corrected chi connectivity index (χ0v) is 11.0. The fourth-order valence-corrected chi connectivity index (χ4v) is 2.00. The molecule has 2 rings (SSSR count). The molecule has 0 amide bonds. The number of Topliss-reactive ketones (excluding diaryl/α,β-unsaturated/α-hetero) is 1. The van der Waals surface area contributed by atoms with Crippen molar-refractivity contribution in [2.24, 2.45) is 0 Å². The molecule has 2 aromatic rings. The fourth-order valence-electron chi connectivity index (χ4n) is 1.78. The van der Waals surface area contributed by atoms with Crippen molar-refractivity contribution in [3.8, 4) is 0 Å². The van der Waals surface area contributed by atoms with Gasteiger partial charge in [-0.05, 0) is 29.8 Å². The first-order valence-electron chi connectivity index (χ1n) is 5.70. The molecule has 3 nitrogen and oxygen atoms in total. The molecule has 4 N–H and O–H groups in total. The molecule has 0 aliphatic carbocycles. The molecule has 0 saturated carbocycles. The monoisotopic (exact) mass is 296 g/mol. The summed E-state index contributed by atoms with van der Waals surface area (Å²) < 4.78 is 26.8. The van der Waals surface area contributed by atoms with E-state index >= 15 is 0 Å². The predicted molar refractivity (Wildman–Crippen MR) is 74.7 cm³/mol. The van der Waals surface area contributed by atoms with E-state index in [1.54, 1.807) is 6.07 Å². The second kappa shape index (κ2) is 5.46. The minimum Gasteiger partial charge on any atom is -0.399 e. The summed E-state index contributed by atoms with van der Waals surface area (Å²) in [7, 11) is 0. The quantitative estimate of drug-likeness (QED) is 0.675. The van der Waals surface area contributed by atoms with Gasteiger partial charge in [0.1, 0.15) is 11.5 Å². The molecule has 0 spiro atoms. The normalized spacial score (nSPS) is 10.6. The Morgan fingerprint density at radius 3 is 2.55 bits per heavy atom. The maximum absolute atomic E-state index is 13.7. The van der Waals surface area contributed by atoms with Crippen molar-refractivity contribution in [3.63, 3.8) is 0 Å². The number of halogens is 3. The molecule has 0 atom stereocenters. The number of carbonyl (C=O) groups excluding carboxylic acids is 1. The van der Waals surface area contributed by atoms with E-state index in [1.807, 2.05) is 0 Å². The van der Waals surface area contributed by atoms with E-state index in [4.69, 9.17) is 23.1 Å². The summed E-state index contributed by atoms with van der Waals surface area (Å²) in [5, 5.41) is 0.222. The van der Waals surface area contributed by atoms with Gasteiger partial charge in [0.15, 0.2) is 11.6 Å².